The minimum Gasteiger partial charge on any atom is -0.481 e. The second kappa shape index (κ2) is 5.19. The van der Waals surface area contributed by atoms with Crippen LogP contribution in [-0.4, -0.2) is 18.5 Å². The maximum Gasteiger partial charge on any atom is 0.573 e. The van der Waals surface area contributed by atoms with Crippen LogP contribution in [0.3, 0.4) is 0 Å². The molecule has 0 atom stereocenters. The van der Waals surface area contributed by atoms with E-state index in [-0.39, 0.29) is 5.88 Å². The molecule has 0 unspecified atom stereocenters. The summed E-state index contributed by atoms with van der Waals surface area (Å²) >= 11 is 1.31. The van der Waals surface area contributed by atoms with Crippen LogP contribution in [0.1, 0.15) is 12.1 Å². The van der Waals surface area contributed by atoms with Crippen molar-refractivity contribution in [2.45, 2.75) is 12.8 Å². The van der Waals surface area contributed by atoms with Gasteiger partial charge >= 0.3 is 6.36 Å². The number of ether oxygens (including phenoxy) is 2. The summed E-state index contributed by atoms with van der Waals surface area (Å²) in [5, 5.41) is 0. The molecule has 3 nitrogen and oxygen atoms in total. The minimum atomic E-state index is -4.97. The van der Waals surface area contributed by atoms with Crippen molar-refractivity contribution in [3.05, 3.63) is 15.3 Å². The van der Waals surface area contributed by atoms with E-state index < -0.39 is 27.8 Å². The van der Waals surface area contributed by atoms with Crippen molar-refractivity contribution in [2.24, 2.45) is 0 Å². The van der Waals surface area contributed by atoms with Gasteiger partial charge in [-0.1, -0.05) is 0 Å². The van der Waals surface area contributed by atoms with Gasteiger partial charge in [-0.15, -0.1) is 13.2 Å². The highest BCUT2D eigenvalue weighted by Gasteiger charge is 2.33. The van der Waals surface area contributed by atoms with E-state index in [2.05, 4.69) is 14.5 Å². The summed E-state index contributed by atoms with van der Waals surface area (Å²) in [6.07, 6.45) is -7.99. The van der Waals surface area contributed by atoms with Crippen molar-refractivity contribution in [2.75, 3.05) is 7.11 Å². The van der Waals surface area contributed by atoms with Gasteiger partial charge in [0.25, 0.3) is 6.43 Å². The molecular weight excluding hydrogens is 364 g/mol. The monoisotopic (exact) mass is 369 g/mol. The molecule has 1 aromatic rings. The Morgan fingerprint density at radius 3 is 2.35 bits per heavy atom. The fraction of sp³-hybridized carbons (Fsp3) is 0.375. The summed E-state index contributed by atoms with van der Waals surface area (Å²) in [6, 6.07) is 0.793. The van der Waals surface area contributed by atoms with Crippen molar-refractivity contribution < 1.29 is 31.4 Å². The van der Waals surface area contributed by atoms with Gasteiger partial charge in [0.15, 0.2) is 0 Å². The van der Waals surface area contributed by atoms with Crippen molar-refractivity contribution >= 4 is 22.6 Å². The number of nitrogens with zero attached hydrogens (tertiary/aromatic N) is 1. The van der Waals surface area contributed by atoms with Gasteiger partial charge in [-0.3, -0.25) is 0 Å². The number of halogens is 6. The molecule has 0 aliphatic heterocycles. The fourth-order valence-electron chi connectivity index (χ4n) is 0.950. The second-order valence-electron chi connectivity index (χ2n) is 2.71. The van der Waals surface area contributed by atoms with Gasteiger partial charge in [0.2, 0.25) is 5.88 Å². The Morgan fingerprint density at radius 2 is 1.94 bits per heavy atom. The van der Waals surface area contributed by atoms with Crippen LogP contribution in [-0.2, 0) is 0 Å². The molecule has 0 fully saturated rings. The Kier molecular flexibility index (Phi) is 4.33. The van der Waals surface area contributed by atoms with E-state index in [0.29, 0.717) is 0 Å². The van der Waals surface area contributed by atoms with Crippen LogP contribution in [0, 0.1) is 3.57 Å². The maximum absolute atomic E-state index is 12.5. The van der Waals surface area contributed by atoms with Crippen LogP contribution in [0.25, 0.3) is 0 Å². The molecule has 0 amide bonds. The molecule has 1 heterocycles. The molecular formula is C8H5F5INO2. The van der Waals surface area contributed by atoms with Crippen molar-refractivity contribution in [1.29, 1.82) is 0 Å². The first-order chi connectivity index (χ1) is 7.74. The fourth-order valence-corrected chi connectivity index (χ4v) is 1.57. The molecule has 0 aromatic carbocycles. The summed E-state index contributed by atoms with van der Waals surface area (Å²) in [6.45, 7) is 0. The highest BCUT2D eigenvalue weighted by Crippen LogP contribution is 2.35. The molecule has 0 N–H and O–H groups in total. The van der Waals surface area contributed by atoms with Crippen LogP contribution in [0.15, 0.2) is 6.07 Å². The van der Waals surface area contributed by atoms with Gasteiger partial charge in [0, 0.05) is 6.07 Å². The molecule has 0 aliphatic carbocycles. The van der Waals surface area contributed by atoms with Gasteiger partial charge < -0.3 is 9.47 Å². The molecule has 0 aliphatic rings. The van der Waals surface area contributed by atoms with Crippen LogP contribution >= 0.6 is 22.6 Å². The van der Waals surface area contributed by atoms with Crippen LogP contribution < -0.4 is 9.47 Å². The zero-order chi connectivity index (χ0) is 13.2. The SMILES string of the molecule is COc1cc(OC(F)(F)F)c(I)c(C(F)F)n1. The first-order valence-electron chi connectivity index (χ1n) is 4.03. The molecule has 0 radical (unpaired) electrons. The molecule has 0 spiro atoms. The van der Waals surface area contributed by atoms with Crippen molar-refractivity contribution in [3.8, 4) is 11.6 Å². The summed E-state index contributed by atoms with van der Waals surface area (Å²) in [4.78, 5) is 3.35. The summed E-state index contributed by atoms with van der Waals surface area (Å²) in [5.41, 5.74) is -0.816. The molecule has 96 valence electrons. The normalized spacial score (nSPS) is 11.8. The van der Waals surface area contributed by atoms with E-state index in [9.17, 15) is 22.0 Å². The molecule has 0 bridgehead atoms. The predicted molar refractivity (Wildman–Crippen MR) is 55.1 cm³/mol. The quantitative estimate of drug-likeness (QED) is 0.604. The number of aromatic nitrogens is 1. The largest absolute Gasteiger partial charge is 0.573 e. The summed E-state index contributed by atoms with van der Waals surface area (Å²) in [5.74, 6) is -1.14. The van der Waals surface area contributed by atoms with Crippen LogP contribution in [0.5, 0.6) is 11.6 Å². The molecule has 9 heteroatoms. The lowest BCUT2D eigenvalue weighted by Crippen LogP contribution is -2.18. The highest BCUT2D eigenvalue weighted by molar-refractivity contribution is 14.1. The molecule has 0 saturated heterocycles. The Labute approximate surface area is 106 Å². The minimum absolute atomic E-state index is 0.375. The average Bonchev–Trinajstić information content (AvgIpc) is 2.18. The lowest BCUT2D eigenvalue weighted by molar-refractivity contribution is -0.275. The maximum atomic E-state index is 12.5. The van der Waals surface area contributed by atoms with Crippen LogP contribution in [0.2, 0.25) is 0 Å². The van der Waals surface area contributed by atoms with Gasteiger partial charge in [-0.2, -0.15) is 0 Å². The van der Waals surface area contributed by atoms with Gasteiger partial charge in [-0.25, -0.2) is 13.8 Å². The zero-order valence-corrected chi connectivity index (χ0v) is 10.3. The van der Waals surface area contributed by atoms with Gasteiger partial charge in [0.05, 0.1) is 10.7 Å². The Bertz CT molecular complexity index is 410. The average molecular weight is 369 g/mol. The highest BCUT2D eigenvalue weighted by atomic mass is 127. The lowest BCUT2D eigenvalue weighted by Gasteiger charge is -2.13. The first-order valence-corrected chi connectivity index (χ1v) is 5.10. The number of pyridine rings is 1. The van der Waals surface area contributed by atoms with Crippen molar-refractivity contribution in [3.63, 3.8) is 0 Å². The number of hydrogen-bond acceptors (Lipinski definition) is 3. The van der Waals surface area contributed by atoms with Gasteiger partial charge in [-0.05, 0) is 22.6 Å². The summed E-state index contributed by atoms with van der Waals surface area (Å²) in [7, 11) is 1.10. The molecule has 17 heavy (non-hydrogen) atoms. The van der Waals surface area contributed by atoms with Crippen LogP contribution in [0.4, 0.5) is 22.0 Å². The number of alkyl halides is 5. The van der Waals surface area contributed by atoms with E-state index >= 15 is 0 Å². The number of rotatable bonds is 3. The molecule has 1 aromatic heterocycles. The third-order valence-electron chi connectivity index (χ3n) is 1.57. The van der Waals surface area contributed by atoms with E-state index in [0.717, 1.165) is 13.2 Å². The molecule has 1 rings (SSSR count). The predicted octanol–water partition coefficient (Wildman–Crippen LogP) is 3.53. The Hall–Kier alpha value is -0.870. The topological polar surface area (TPSA) is 31.4 Å². The summed E-state index contributed by atoms with van der Waals surface area (Å²) < 4.78 is 68.8. The smallest absolute Gasteiger partial charge is 0.481 e. The van der Waals surface area contributed by atoms with Crippen molar-refractivity contribution in [1.82, 2.24) is 4.98 Å². The third-order valence-corrected chi connectivity index (χ3v) is 2.65. The third kappa shape index (κ3) is 3.82. The Balaban J connectivity index is 3.24. The molecule has 0 saturated carbocycles. The standard InChI is InChI=1S/C8H5F5INO2/c1-16-4-2-3(17-8(11,12)13)5(14)6(15-4)7(9)10/h2,7H,1H3. The van der Waals surface area contributed by atoms with E-state index in [1.54, 1.807) is 0 Å². The van der Waals surface area contributed by atoms with Gasteiger partial charge in [0.1, 0.15) is 11.4 Å². The Morgan fingerprint density at radius 1 is 1.35 bits per heavy atom. The number of hydrogen-bond donors (Lipinski definition) is 0. The van der Waals surface area contributed by atoms with E-state index in [1.165, 1.54) is 22.6 Å². The van der Waals surface area contributed by atoms with E-state index in [4.69, 9.17) is 0 Å². The zero-order valence-electron chi connectivity index (χ0n) is 8.19. The second-order valence-corrected chi connectivity index (χ2v) is 3.79. The number of methoxy groups -OCH3 is 1. The lowest BCUT2D eigenvalue weighted by atomic mass is 10.3. The first kappa shape index (κ1) is 14.2. The van der Waals surface area contributed by atoms with E-state index in [1.807, 2.05) is 0 Å².